The van der Waals surface area contributed by atoms with Gasteiger partial charge < -0.3 is 55.2 Å². The SMILES string of the molecule is COC(=O)C1CCC(C(=O)NCC(=O)NCC(=O)NCC(=O)Nc2cc(COc3cc4c(cc3OC)C(=O)N3c5ccccc5C[C@H]3C=N4)cc(COc3cc4c(cc3OC)C(=O)N3c5ccccc5C[C@H]3C(C)N4)c2)CC1. The fourth-order valence-corrected chi connectivity index (χ4v) is 10.9. The first-order valence-electron chi connectivity index (χ1n) is 25.9. The van der Waals surface area contributed by atoms with Crippen LogP contribution >= 0.6 is 0 Å². The number of rotatable bonds is 17. The minimum Gasteiger partial charge on any atom is -0.493 e. The summed E-state index contributed by atoms with van der Waals surface area (Å²) in [4.78, 5) is 100.0. The number of carbonyl (C=O) groups is 7. The van der Waals surface area contributed by atoms with Crippen LogP contribution in [0.5, 0.6) is 23.0 Å². The molecule has 6 amide bonds. The first-order valence-corrected chi connectivity index (χ1v) is 25.9. The smallest absolute Gasteiger partial charge is 0.308 e. The molecule has 3 atom stereocenters. The number of esters is 1. The highest BCUT2D eigenvalue weighted by Crippen LogP contribution is 2.44. The van der Waals surface area contributed by atoms with Crippen molar-refractivity contribution in [3.8, 4) is 23.0 Å². The number of benzene rings is 5. The predicted octanol–water partition coefficient (Wildman–Crippen LogP) is 5.80. The minimum atomic E-state index is -0.640. The highest BCUT2D eigenvalue weighted by Gasteiger charge is 2.42. The van der Waals surface area contributed by atoms with Gasteiger partial charge in [0.15, 0.2) is 23.0 Å². The number of methoxy groups -OCH3 is 3. The molecule has 10 rings (SSSR count). The van der Waals surface area contributed by atoms with Crippen molar-refractivity contribution in [2.75, 3.05) is 61.4 Å². The number of ether oxygens (including phenoxy) is 5. The second kappa shape index (κ2) is 22.7. The summed E-state index contributed by atoms with van der Waals surface area (Å²) in [6.45, 7) is 0.757. The molecule has 0 spiro atoms. The predicted molar refractivity (Wildman–Crippen MR) is 289 cm³/mol. The van der Waals surface area contributed by atoms with Gasteiger partial charge in [0.05, 0.1) is 81.5 Å². The van der Waals surface area contributed by atoms with E-state index in [9.17, 15) is 33.6 Å². The summed E-state index contributed by atoms with van der Waals surface area (Å²) in [5, 5.41) is 13.9. The Hall–Kier alpha value is -8.94. The van der Waals surface area contributed by atoms with Gasteiger partial charge in [0.1, 0.15) is 13.2 Å². The summed E-state index contributed by atoms with van der Waals surface area (Å²) < 4.78 is 29.2. The van der Waals surface area contributed by atoms with Gasteiger partial charge in [-0.1, -0.05) is 36.4 Å². The zero-order valence-corrected chi connectivity index (χ0v) is 43.6. The van der Waals surface area contributed by atoms with Crippen molar-refractivity contribution in [1.82, 2.24) is 16.0 Å². The molecule has 78 heavy (non-hydrogen) atoms. The topological polar surface area (TPSA) is 245 Å². The van der Waals surface area contributed by atoms with Crippen LogP contribution < -0.4 is 55.3 Å². The van der Waals surface area contributed by atoms with E-state index in [0.717, 1.165) is 22.5 Å². The quantitative estimate of drug-likeness (QED) is 0.0693. The number of fused-ring (bicyclic) bond motifs is 8. The lowest BCUT2D eigenvalue weighted by Crippen LogP contribution is -2.44. The molecule has 4 aliphatic heterocycles. The van der Waals surface area contributed by atoms with Crippen molar-refractivity contribution in [1.29, 1.82) is 0 Å². The number of nitrogens with one attached hydrogen (secondary N) is 5. The summed E-state index contributed by atoms with van der Waals surface area (Å²) in [6, 6.07) is 27.2. The molecule has 20 heteroatoms. The zero-order chi connectivity index (χ0) is 54.6. The maximum Gasteiger partial charge on any atom is 0.308 e. The van der Waals surface area contributed by atoms with Crippen LogP contribution in [0.4, 0.5) is 28.4 Å². The lowest BCUT2D eigenvalue weighted by molar-refractivity contribution is -0.147. The molecule has 5 aromatic carbocycles. The van der Waals surface area contributed by atoms with Gasteiger partial charge in [-0.25, -0.2) is 0 Å². The first-order chi connectivity index (χ1) is 37.8. The number of hydrogen-bond acceptors (Lipinski definition) is 14. The van der Waals surface area contributed by atoms with Gasteiger partial charge in [-0.15, -0.1) is 0 Å². The summed E-state index contributed by atoms with van der Waals surface area (Å²) in [5.41, 5.74) is 7.26. The average Bonchev–Trinajstić information content (AvgIpc) is 4.21. The molecule has 1 fully saturated rings. The van der Waals surface area contributed by atoms with Gasteiger partial charge in [0, 0.05) is 53.8 Å². The zero-order valence-electron chi connectivity index (χ0n) is 43.6. The van der Waals surface area contributed by atoms with E-state index in [-0.39, 0.29) is 73.4 Å². The van der Waals surface area contributed by atoms with E-state index in [0.29, 0.717) is 101 Å². The molecule has 0 aromatic heterocycles. The fraction of sp³-hybridized carbons (Fsp3) is 0.345. The number of aliphatic imine (C=N–C) groups is 1. The molecule has 20 nitrogen and oxygen atoms in total. The molecule has 4 heterocycles. The number of hydrogen-bond donors (Lipinski definition) is 5. The molecule has 1 unspecified atom stereocenters. The van der Waals surface area contributed by atoms with Gasteiger partial charge in [-0.2, -0.15) is 0 Å². The molecular weight excluding hydrogens is 1000 g/mol. The summed E-state index contributed by atoms with van der Waals surface area (Å²) in [5.74, 6) is -2.01. The van der Waals surface area contributed by atoms with Crippen molar-refractivity contribution in [2.24, 2.45) is 16.8 Å². The Balaban J connectivity index is 0.822. The monoisotopic (exact) mass is 1060 g/mol. The summed E-state index contributed by atoms with van der Waals surface area (Å²) in [7, 11) is 4.32. The lowest BCUT2D eigenvalue weighted by Gasteiger charge is -2.27. The maximum atomic E-state index is 14.2. The van der Waals surface area contributed by atoms with Crippen LogP contribution in [0, 0.1) is 11.8 Å². The van der Waals surface area contributed by atoms with Crippen molar-refractivity contribution in [3.63, 3.8) is 0 Å². The van der Waals surface area contributed by atoms with Crippen LogP contribution in [0.25, 0.3) is 0 Å². The van der Waals surface area contributed by atoms with Crippen LogP contribution in [0.3, 0.4) is 0 Å². The number of anilines is 4. The molecule has 5 N–H and O–H groups in total. The van der Waals surface area contributed by atoms with E-state index in [4.69, 9.17) is 28.7 Å². The Morgan fingerprint density at radius 2 is 1.19 bits per heavy atom. The highest BCUT2D eigenvalue weighted by atomic mass is 16.5. The molecule has 0 saturated heterocycles. The normalized spacial score (nSPS) is 19.4. The molecule has 0 radical (unpaired) electrons. The Labute approximate surface area is 450 Å². The molecule has 5 aromatic rings. The lowest BCUT2D eigenvalue weighted by atomic mass is 9.81. The van der Waals surface area contributed by atoms with Gasteiger partial charge in [-0.05, 0) is 104 Å². The number of carbonyl (C=O) groups excluding carboxylic acids is 7. The third-order valence-electron chi connectivity index (χ3n) is 14.9. The van der Waals surface area contributed by atoms with Crippen LogP contribution in [0.1, 0.15) is 75.6 Å². The second-order valence-corrected chi connectivity index (χ2v) is 19.9. The molecule has 404 valence electrons. The Morgan fingerprint density at radius 1 is 0.628 bits per heavy atom. The Morgan fingerprint density at radius 3 is 1.85 bits per heavy atom. The molecule has 1 saturated carbocycles. The Bertz CT molecular complexity index is 3240. The van der Waals surface area contributed by atoms with Crippen molar-refractivity contribution < 1.29 is 57.2 Å². The van der Waals surface area contributed by atoms with E-state index in [2.05, 4.69) is 26.6 Å². The highest BCUT2D eigenvalue weighted by molar-refractivity contribution is 6.15. The number of amides is 6. The first kappa shape index (κ1) is 52.5. The molecular formula is C58H60N8O12. The maximum absolute atomic E-state index is 14.2. The van der Waals surface area contributed by atoms with Crippen molar-refractivity contribution >= 4 is 76.1 Å². The van der Waals surface area contributed by atoms with E-state index in [1.807, 2.05) is 66.4 Å². The molecule has 1 aliphatic carbocycles. The van der Waals surface area contributed by atoms with Crippen molar-refractivity contribution in [3.05, 3.63) is 124 Å². The largest absolute Gasteiger partial charge is 0.493 e. The van der Waals surface area contributed by atoms with E-state index >= 15 is 0 Å². The standard InChI is InChI=1S/C58H60N8O12/c1-32-47-21-38-10-6-8-12-46(38)66(47)57(72)42-23-49(75-3)51(25-44(42)63-32)78-31-34-17-33(30-77-50-24-43-41(22-48(50)74-2)56(71)65-40(26-59-43)20-37-9-5-7-11-45(37)65)18-39(19-34)64-54(69)29-61-52(67)27-60-53(68)28-62-55(70)35-13-15-36(16-14-35)58(73)76-4/h5-12,17-19,22-26,32,35-36,40,47,63H,13-16,20-21,27-31H2,1-4H3,(H,60,68)(H,61,67)(H,62,70)(H,64,69)/t32?,35?,36?,40-,47-/m0/s1. The molecule has 5 aliphatic rings. The fourth-order valence-electron chi connectivity index (χ4n) is 10.9. The van der Waals surface area contributed by atoms with E-state index in [1.54, 1.807) is 47.5 Å². The van der Waals surface area contributed by atoms with Gasteiger partial charge in [0.2, 0.25) is 23.6 Å². The third-order valence-corrected chi connectivity index (χ3v) is 14.9. The van der Waals surface area contributed by atoms with Crippen molar-refractivity contribution in [2.45, 2.75) is 76.8 Å². The average molecular weight is 1060 g/mol. The van der Waals surface area contributed by atoms with Crippen LogP contribution in [-0.4, -0.2) is 107 Å². The van der Waals surface area contributed by atoms with Crippen LogP contribution in [-0.2, 0) is 54.8 Å². The summed E-state index contributed by atoms with van der Waals surface area (Å²) in [6.07, 6.45) is 5.15. The molecule has 0 bridgehead atoms. The third kappa shape index (κ3) is 11.0. The van der Waals surface area contributed by atoms with E-state index < -0.39 is 30.8 Å². The number of para-hydroxylation sites is 2. The van der Waals surface area contributed by atoms with Crippen LogP contribution in [0.2, 0.25) is 0 Å². The van der Waals surface area contributed by atoms with Gasteiger partial charge >= 0.3 is 5.97 Å². The van der Waals surface area contributed by atoms with E-state index in [1.165, 1.54) is 21.3 Å². The summed E-state index contributed by atoms with van der Waals surface area (Å²) >= 11 is 0. The Kier molecular flexibility index (Phi) is 15.3. The second-order valence-electron chi connectivity index (χ2n) is 19.9. The number of nitrogens with zero attached hydrogens (tertiary/aromatic N) is 3. The van der Waals surface area contributed by atoms with Gasteiger partial charge in [-0.3, -0.25) is 43.5 Å². The van der Waals surface area contributed by atoms with Crippen LogP contribution in [0.15, 0.2) is 96.0 Å². The van der Waals surface area contributed by atoms with Gasteiger partial charge in [0.25, 0.3) is 11.8 Å². The minimum absolute atomic E-state index is 0.0231.